The molecule has 2 aromatic rings. The molecular weight excluding hydrogens is 338 g/mol. The molecule has 0 aliphatic carbocycles. The van der Waals surface area contributed by atoms with Crippen molar-refractivity contribution in [2.75, 3.05) is 19.0 Å². The fourth-order valence-corrected chi connectivity index (χ4v) is 2.21. The summed E-state index contributed by atoms with van der Waals surface area (Å²) in [6, 6.07) is 6.70. The number of hydrogen-bond acceptors (Lipinski definition) is 6. The van der Waals surface area contributed by atoms with Crippen molar-refractivity contribution in [3.05, 3.63) is 42.1 Å². The summed E-state index contributed by atoms with van der Waals surface area (Å²) >= 11 is 0. The lowest BCUT2D eigenvalue weighted by Gasteiger charge is -2.25. The normalized spacial score (nSPS) is 10.5. The third-order valence-electron chi connectivity index (χ3n) is 3.55. The monoisotopic (exact) mass is 361 g/mol. The van der Waals surface area contributed by atoms with E-state index in [1.807, 2.05) is 20.8 Å². The van der Waals surface area contributed by atoms with Gasteiger partial charge in [-0.15, -0.1) is 0 Å². The summed E-state index contributed by atoms with van der Waals surface area (Å²) in [5.41, 5.74) is 0.713. The summed E-state index contributed by atoms with van der Waals surface area (Å²) in [5.74, 6) is 0.400. The van der Waals surface area contributed by atoms with Crippen molar-refractivity contribution in [3.8, 4) is 5.75 Å². The Labute approximate surface area is 152 Å². The molecule has 0 aliphatic heterocycles. The lowest BCUT2D eigenvalue weighted by molar-refractivity contribution is 0.0594. The molecule has 1 heterocycles. The second kappa shape index (κ2) is 8.89. The van der Waals surface area contributed by atoms with Crippen molar-refractivity contribution >= 4 is 17.7 Å². The van der Waals surface area contributed by atoms with Crippen LogP contribution in [0.25, 0.3) is 0 Å². The Kier molecular flexibility index (Phi) is 6.60. The Morgan fingerprint density at radius 3 is 2.54 bits per heavy atom. The third kappa shape index (κ3) is 4.98. The van der Waals surface area contributed by atoms with Crippen LogP contribution in [0.15, 0.2) is 34.9 Å². The van der Waals surface area contributed by atoms with Gasteiger partial charge in [0.15, 0.2) is 5.69 Å². The van der Waals surface area contributed by atoms with E-state index in [1.54, 1.807) is 29.2 Å². The summed E-state index contributed by atoms with van der Waals surface area (Å²) in [5, 5.41) is 2.82. The van der Waals surface area contributed by atoms with Crippen LogP contribution in [0.5, 0.6) is 5.75 Å². The Morgan fingerprint density at radius 2 is 1.96 bits per heavy atom. The molecule has 0 aliphatic rings. The van der Waals surface area contributed by atoms with E-state index in [2.05, 4.69) is 15.0 Å². The number of nitrogens with zero attached hydrogens (tertiary/aromatic N) is 2. The SMILES string of the molecule is CCOc1ccc(NC(=O)N(Cc2nc(C(=O)OC)co2)C(C)C)cc1. The fourth-order valence-electron chi connectivity index (χ4n) is 2.21. The van der Waals surface area contributed by atoms with Crippen LogP contribution >= 0.6 is 0 Å². The molecule has 0 saturated carbocycles. The number of rotatable bonds is 7. The fraction of sp³-hybridized carbons (Fsp3) is 0.389. The van der Waals surface area contributed by atoms with Crippen LogP contribution in [0.1, 0.15) is 37.2 Å². The first-order valence-corrected chi connectivity index (χ1v) is 8.27. The van der Waals surface area contributed by atoms with Gasteiger partial charge in [-0.1, -0.05) is 0 Å². The summed E-state index contributed by atoms with van der Waals surface area (Å²) < 4.78 is 15.2. The van der Waals surface area contributed by atoms with Crippen LogP contribution < -0.4 is 10.1 Å². The minimum atomic E-state index is -0.588. The quantitative estimate of drug-likeness (QED) is 0.761. The maximum absolute atomic E-state index is 12.6. The summed E-state index contributed by atoms with van der Waals surface area (Å²) in [7, 11) is 1.27. The molecular formula is C18H23N3O5. The van der Waals surface area contributed by atoms with Crippen molar-refractivity contribution in [2.45, 2.75) is 33.4 Å². The predicted octanol–water partition coefficient (Wildman–Crippen LogP) is 3.30. The first kappa shape index (κ1) is 19.3. The van der Waals surface area contributed by atoms with Gasteiger partial charge in [0, 0.05) is 11.7 Å². The van der Waals surface area contributed by atoms with Gasteiger partial charge < -0.3 is 24.1 Å². The van der Waals surface area contributed by atoms with E-state index in [-0.39, 0.29) is 30.2 Å². The van der Waals surface area contributed by atoms with Gasteiger partial charge in [0.05, 0.1) is 20.3 Å². The first-order valence-electron chi connectivity index (χ1n) is 8.27. The molecule has 1 aromatic carbocycles. The summed E-state index contributed by atoms with van der Waals surface area (Å²) in [4.78, 5) is 29.6. The van der Waals surface area contributed by atoms with Crippen LogP contribution in [0.4, 0.5) is 10.5 Å². The second-order valence-electron chi connectivity index (χ2n) is 5.73. The minimum absolute atomic E-state index is 0.0677. The number of benzene rings is 1. The molecule has 0 spiro atoms. The van der Waals surface area contributed by atoms with Crippen LogP contribution in [0.2, 0.25) is 0 Å². The number of anilines is 1. The molecule has 2 amide bonds. The minimum Gasteiger partial charge on any atom is -0.494 e. The lowest BCUT2D eigenvalue weighted by Crippen LogP contribution is -2.39. The van der Waals surface area contributed by atoms with Crippen LogP contribution in [0, 0.1) is 0 Å². The molecule has 0 bridgehead atoms. The van der Waals surface area contributed by atoms with E-state index in [1.165, 1.54) is 13.4 Å². The zero-order chi connectivity index (χ0) is 19.1. The molecule has 0 fully saturated rings. The van der Waals surface area contributed by atoms with E-state index >= 15 is 0 Å². The number of aromatic nitrogens is 1. The van der Waals surface area contributed by atoms with Gasteiger partial charge in [-0.3, -0.25) is 0 Å². The van der Waals surface area contributed by atoms with Gasteiger partial charge in [-0.05, 0) is 45.0 Å². The molecule has 140 valence electrons. The van der Waals surface area contributed by atoms with Gasteiger partial charge in [0.25, 0.3) is 0 Å². The number of carbonyl (C=O) groups is 2. The highest BCUT2D eigenvalue weighted by Crippen LogP contribution is 2.17. The number of methoxy groups -OCH3 is 1. The number of hydrogen-bond donors (Lipinski definition) is 1. The van der Waals surface area contributed by atoms with Gasteiger partial charge in [0.1, 0.15) is 12.0 Å². The molecule has 1 aromatic heterocycles. The van der Waals surface area contributed by atoms with E-state index in [0.29, 0.717) is 12.3 Å². The second-order valence-corrected chi connectivity index (χ2v) is 5.73. The van der Waals surface area contributed by atoms with Crippen molar-refractivity contribution in [2.24, 2.45) is 0 Å². The molecule has 2 rings (SSSR count). The molecule has 26 heavy (non-hydrogen) atoms. The molecule has 8 heteroatoms. The third-order valence-corrected chi connectivity index (χ3v) is 3.55. The highest BCUT2D eigenvalue weighted by atomic mass is 16.5. The Morgan fingerprint density at radius 1 is 1.27 bits per heavy atom. The number of oxazole rings is 1. The topological polar surface area (TPSA) is 93.9 Å². The van der Waals surface area contributed by atoms with Crippen LogP contribution in [0.3, 0.4) is 0 Å². The number of nitrogens with one attached hydrogen (secondary N) is 1. The van der Waals surface area contributed by atoms with Crippen molar-refractivity contribution in [3.63, 3.8) is 0 Å². The van der Waals surface area contributed by atoms with E-state index in [4.69, 9.17) is 9.15 Å². The van der Waals surface area contributed by atoms with Crippen molar-refractivity contribution in [1.82, 2.24) is 9.88 Å². The molecule has 0 unspecified atom stereocenters. The van der Waals surface area contributed by atoms with Gasteiger partial charge in [-0.2, -0.15) is 0 Å². The predicted molar refractivity (Wildman–Crippen MR) is 95.2 cm³/mol. The summed E-state index contributed by atoms with van der Waals surface area (Å²) in [6.07, 6.45) is 1.21. The Hall–Kier alpha value is -3.03. The highest BCUT2D eigenvalue weighted by Gasteiger charge is 2.21. The zero-order valence-corrected chi connectivity index (χ0v) is 15.3. The van der Waals surface area contributed by atoms with E-state index in [9.17, 15) is 9.59 Å². The van der Waals surface area contributed by atoms with Crippen LogP contribution in [-0.4, -0.2) is 41.6 Å². The molecule has 8 nitrogen and oxygen atoms in total. The largest absolute Gasteiger partial charge is 0.494 e. The standard InChI is InChI=1S/C18H23N3O5/c1-5-25-14-8-6-13(7-9-14)19-18(23)21(12(2)3)10-16-20-15(11-26-16)17(22)24-4/h6-9,11-12H,5,10H2,1-4H3,(H,19,23). The zero-order valence-electron chi connectivity index (χ0n) is 15.3. The van der Waals surface area contributed by atoms with E-state index in [0.717, 1.165) is 5.75 Å². The number of urea groups is 1. The Balaban J connectivity index is 2.05. The van der Waals surface area contributed by atoms with Gasteiger partial charge in [-0.25, -0.2) is 14.6 Å². The van der Waals surface area contributed by atoms with E-state index < -0.39 is 5.97 Å². The Bertz CT molecular complexity index is 740. The van der Waals surface area contributed by atoms with Gasteiger partial charge in [0.2, 0.25) is 5.89 Å². The maximum Gasteiger partial charge on any atom is 0.360 e. The van der Waals surface area contributed by atoms with Crippen molar-refractivity contribution < 1.29 is 23.5 Å². The first-order chi connectivity index (χ1) is 12.4. The summed E-state index contributed by atoms with van der Waals surface area (Å²) in [6.45, 7) is 6.36. The van der Waals surface area contributed by atoms with Crippen molar-refractivity contribution in [1.29, 1.82) is 0 Å². The average Bonchev–Trinajstić information content (AvgIpc) is 3.09. The van der Waals surface area contributed by atoms with Gasteiger partial charge >= 0.3 is 12.0 Å². The smallest absolute Gasteiger partial charge is 0.360 e. The molecule has 1 N–H and O–H groups in total. The lowest BCUT2D eigenvalue weighted by atomic mass is 10.3. The number of amides is 2. The number of carbonyl (C=O) groups excluding carboxylic acids is 2. The molecule has 0 radical (unpaired) electrons. The van der Waals surface area contributed by atoms with Crippen LogP contribution in [-0.2, 0) is 11.3 Å². The number of esters is 1. The molecule has 0 atom stereocenters. The number of ether oxygens (including phenoxy) is 2. The molecule has 0 saturated heterocycles. The maximum atomic E-state index is 12.6. The highest BCUT2D eigenvalue weighted by molar-refractivity contribution is 5.89. The average molecular weight is 361 g/mol.